The van der Waals surface area contributed by atoms with E-state index >= 15 is 0 Å². The predicted molar refractivity (Wildman–Crippen MR) is 132 cm³/mol. The maximum Gasteiger partial charge on any atom is 0.337 e. The number of carbonyl (C=O) groups excluding carboxylic acids is 1. The first-order valence-corrected chi connectivity index (χ1v) is 12.1. The van der Waals surface area contributed by atoms with Gasteiger partial charge in [0.2, 0.25) is 0 Å². The van der Waals surface area contributed by atoms with E-state index in [4.69, 9.17) is 4.74 Å². The molecule has 1 saturated heterocycles. The second-order valence-corrected chi connectivity index (χ2v) is 9.50. The highest BCUT2D eigenvalue weighted by Gasteiger charge is 2.28. The fourth-order valence-corrected chi connectivity index (χ4v) is 5.31. The van der Waals surface area contributed by atoms with Gasteiger partial charge in [-0.15, -0.1) is 0 Å². The summed E-state index contributed by atoms with van der Waals surface area (Å²) in [6.07, 6.45) is 4.56. The van der Waals surface area contributed by atoms with Crippen molar-refractivity contribution in [2.75, 3.05) is 31.6 Å². The van der Waals surface area contributed by atoms with Gasteiger partial charge >= 0.3 is 5.97 Å². The third kappa shape index (κ3) is 4.92. The third-order valence-corrected chi connectivity index (χ3v) is 7.34. The van der Waals surface area contributed by atoms with Crippen LogP contribution in [0, 0.1) is 24.6 Å². The van der Waals surface area contributed by atoms with Crippen LogP contribution in [-0.4, -0.2) is 32.7 Å². The minimum Gasteiger partial charge on any atom is -0.465 e. The Morgan fingerprint density at radius 3 is 2.55 bits per heavy atom. The largest absolute Gasteiger partial charge is 0.465 e. The van der Waals surface area contributed by atoms with Crippen molar-refractivity contribution in [2.45, 2.75) is 46.5 Å². The Labute approximate surface area is 196 Å². The molecular formula is C28H35FN2O2. The van der Waals surface area contributed by atoms with E-state index in [1.54, 1.807) is 13.0 Å². The van der Waals surface area contributed by atoms with Crippen molar-refractivity contribution in [1.82, 2.24) is 5.32 Å². The van der Waals surface area contributed by atoms with Crippen LogP contribution in [-0.2, 0) is 4.74 Å². The van der Waals surface area contributed by atoms with E-state index < -0.39 is 0 Å². The van der Waals surface area contributed by atoms with E-state index in [1.165, 1.54) is 37.3 Å². The average Bonchev–Trinajstić information content (AvgIpc) is 2.85. The normalized spacial score (nSPS) is 19.4. The summed E-state index contributed by atoms with van der Waals surface area (Å²) in [7, 11) is 1.40. The van der Waals surface area contributed by atoms with Gasteiger partial charge in [0.1, 0.15) is 5.82 Å². The molecule has 0 amide bonds. The first-order chi connectivity index (χ1) is 15.9. The minimum absolute atomic E-state index is 0.207. The summed E-state index contributed by atoms with van der Waals surface area (Å²) in [4.78, 5) is 14.6. The van der Waals surface area contributed by atoms with Gasteiger partial charge in [0.25, 0.3) is 0 Å². The summed E-state index contributed by atoms with van der Waals surface area (Å²) < 4.78 is 18.9. The predicted octanol–water partition coefficient (Wildman–Crippen LogP) is 6.10. The van der Waals surface area contributed by atoms with Crippen LogP contribution in [0.5, 0.6) is 0 Å². The van der Waals surface area contributed by atoms with Crippen LogP contribution in [0.15, 0.2) is 47.7 Å². The molecule has 2 aliphatic rings. The van der Waals surface area contributed by atoms with Crippen LogP contribution in [0.1, 0.15) is 55.5 Å². The van der Waals surface area contributed by atoms with E-state index in [0.717, 1.165) is 55.2 Å². The lowest BCUT2D eigenvalue weighted by atomic mass is 9.84. The monoisotopic (exact) mass is 450 g/mol. The number of benzene rings is 2. The Hall–Kier alpha value is -2.82. The van der Waals surface area contributed by atoms with Crippen LogP contribution in [0.4, 0.5) is 10.1 Å². The number of methoxy groups -OCH3 is 1. The van der Waals surface area contributed by atoms with Gasteiger partial charge in [0.15, 0.2) is 0 Å². The number of nitrogens with one attached hydrogen (secondary N) is 1. The van der Waals surface area contributed by atoms with E-state index in [0.29, 0.717) is 17.0 Å². The van der Waals surface area contributed by atoms with E-state index in [9.17, 15) is 9.18 Å². The summed E-state index contributed by atoms with van der Waals surface area (Å²) in [6, 6.07) is 10.9. The van der Waals surface area contributed by atoms with Gasteiger partial charge in [0.05, 0.1) is 12.7 Å². The van der Waals surface area contributed by atoms with Gasteiger partial charge in [0, 0.05) is 42.5 Å². The van der Waals surface area contributed by atoms with Gasteiger partial charge in [-0.25, -0.2) is 9.18 Å². The number of halogens is 1. The maximum atomic E-state index is 13.9. The summed E-state index contributed by atoms with van der Waals surface area (Å²) >= 11 is 0. The molecule has 5 heteroatoms. The molecule has 176 valence electrons. The number of nitrogens with zero attached hydrogens (tertiary/aromatic N) is 1. The second kappa shape index (κ2) is 9.98. The summed E-state index contributed by atoms with van der Waals surface area (Å²) in [6.45, 7) is 9.25. The van der Waals surface area contributed by atoms with Crippen molar-refractivity contribution in [3.8, 4) is 11.1 Å². The molecule has 0 aromatic heterocycles. The van der Waals surface area contributed by atoms with Crippen molar-refractivity contribution in [1.29, 1.82) is 0 Å². The molecule has 4 nitrogen and oxygen atoms in total. The van der Waals surface area contributed by atoms with Crippen LogP contribution in [0.25, 0.3) is 11.1 Å². The SMILES string of the molecule is CCC1CNC(C2CCN(c3cc(C(=O)OC)ccc3-c3ccc(F)c(C)c3)CC2)=C(C)C1. The number of ether oxygens (including phenoxy) is 1. The number of piperidine rings is 1. The van der Waals surface area contributed by atoms with E-state index in [2.05, 4.69) is 24.1 Å². The molecule has 0 bridgehead atoms. The molecule has 4 rings (SSSR count). The number of anilines is 1. The average molecular weight is 451 g/mol. The third-order valence-electron chi connectivity index (χ3n) is 7.34. The molecule has 0 aliphatic carbocycles. The lowest BCUT2D eigenvalue weighted by Gasteiger charge is -2.38. The number of rotatable bonds is 5. The van der Waals surface area contributed by atoms with Crippen molar-refractivity contribution < 1.29 is 13.9 Å². The molecular weight excluding hydrogens is 415 g/mol. The van der Waals surface area contributed by atoms with Gasteiger partial charge in [-0.2, -0.15) is 0 Å². The highest BCUT2D eigenvalue weighted by molar-refractivity contribution is 5.93. The number of esters is 1. The maximum absolute atomic E-state index is 13.9. The van der Waals surface area contributed by atoms with E-state index in [1.807, 2.05) is 24.3 Å². The summed E-state index contributed by atoms with van der Waals surface area (Å²) in [5, 5.41) is 3.74. The first kappa shape index (κ1) is 23.3. The van der Waals surface area contributed by atoms with Crippen LogP contribution in [0.2, 0.25) is 0 Å². The quantitative estimate of drug-likeness (QED) is 0.559. The lowest BCUT2D eigenvalue weighted by Crippen LogP contribution is -2.39. The fourth-order valence-electron chi connectivity index (χ4n) is 5.31. The highest BCUT2D eigenvalue weighted by atomic mass is 19.1. The molecule has 1 fully saturated rings. The zero-order chi connectivity index (χ0) is 23.5. The Bertz CT molecular complexity index is 1050. The van der Waals surface area contributed by atoms with Crippen LogP contribution >= 0.6 is 0 Å². The molecule has 1 unspecified atom stereocenters. The van der Waals surface area contributed by atoms with Crippen molar-refractivity contribution in [3.63, 3.8) is 0 Å². The second-order valence-electron chi connectivity index (χ2n) is 9.50. The molecule has 2 aromatic rings. The summed E-state index contributed by atoms with van der Waals surface area (Å²) in [5.74, 6) is 0.753. The molecule has 0 spiro atoms. The van der Waals surface area contributed by atoms with Crippen LogP contribution < -0.4 is 10.2 Å². The van der Waals surface area contributed by atoms with Gasteiger partial charge in [-0.3, -0.25) is 0 Å². The summed E-state index contributed by atoms with van der Waals surface area (Å²) in [5.41, 5.74) is 7.11. The molecule has 0 saturated carbocycles. The topological polar surface area (TPSA) is 41.6 Å². The molecule has 1 atom stereocenters. The molecule has 1 N–H and O–H groups in total. The Morgan fingerprint density at radius 1 is 1.15 bits per heavy atom. The van der Waals surface area contributed by atoms with Crippen molar-refractivity contribution in [3.05, 3.63) is 64.6 Å². The Morgan fingerprint density at radius 2 is 1.91 bits per heavy atom. The Kier molecular flexibility index (Phi) is 7.06. The number of hydrogen-bond acceptors (Lipinski definition) is 4. The standard InChI is InChI=1S/C28H35FN2O2/c1-5-20-14-19(3)27(30-17-20)21-10-12-31(13-11-21)26-16-23(28(32)33-4)6-8-24(26)22-7-9-25(29)18(2)15-22/h6-9,15-16,20-21,30H,5,10-14,17H2,1-4H3. The smallest absolute Gasteiger partial charge is 0.337 e. The Balaban J connectivity index is 1.60. The highest BCUT2D eigenvalue weighted by Crippen LogP contribution is 2.37. The van der Waals surface area contributed by atoms with Gasteiger partial charge in [-0.1, -0.05) is 31.1 Å². The number of aryl methyl sites for hydroxylation is 1. The lowest BCUT2D eigenvalue weighted by molar-refractivity contribution is 0.0601. The molecule has 33 heavy (non-hydrogen) atoms. The van der Waals surface area contributed by atoms with Gasteiger partial charge in [-0.05, 0) is 74.4 Å². The molecule has 0 radical (unpaired) electrons. The van der Waals surface area contributed by atoms with Crippen molar-refractivity contribution in [2.24, 2.45) is 11.8 Å². The van der Waals surface area contributed by atoms with Crippen LogP contribution in [0.3, 0.4) is 0 Å². The number of hydrogen-bond donors (Lipinski definition) is 1. The number of allylic oxidation sites excluding steroid dienone is 2. The van der Waals surface area contributed by atoms with Crippen molar-refractivity contribution >= 4 is 11.7 Å². The first-order valence-electron chi connectivity index (χ1n) is 12.1. The fraction of sp³-hybridized carbons (Fsp3) is 0.464. The van der Waals surface area contributed by atoms with E-state index in [-0.39, 0.29) is 11.8 Å². The van der Waals surface area contributed by atoms with Gasteiger partial charge < -0.3 is 15.0 Å². The number of carbonyl (C=O) groups is 1. The molecule has 2 aliphatic heterocycles. The molecule has 2 aromatic carbocycles. The zero-order valence-corrected chi connectivity index (χ0v) is 20.2. The zero-order valence-electron chi connectivity index (χ0n) is 20.2. The molecule has 2 heterocycles. The minimum atomic E-state index is -0.342.